The number of rotatable bonds is 5. The number of carbonyl (C=O) groups is 1. The zero-order chi connectivity index (χ0) is 13.9. The second kappa shape index (κ2) is 5.81. The van der Waals surface area contributed by atoms with E-state index >= 15 is 0 Å². The van der Waals surface area contributed by atoms with Crippen molar-refractivity contribution in [3.63, 3.8) is 0 Å². The molecule has 7 heteroatoms. The molecule has 1 rings (SSSR count). The van der Waals surface area contributed by atoms with E-state index in [4.69, 9.17) is 10.2 Å². The monoisotopic (exact) mass is 336 g/mol. The molecule has 0 aromatic heterocycles. The van der Waals surface area contributed by atoms with Crippen LogP contribution in [0.5, 0.6) is 0 Å². The van der Waals surface area contributed by atoms with Crippen molar-refractivity contribution >= 4 is 31.7 Å². The predicted octanol–water partition coefficient (Wildman–Crippen LogP) is 1.55. The van der Waals surface area contributed by atoms with Crippen molar-refractivity contribution in [2.45, 2.75) is 11.8 Å². The zero-order valence-electron chi connectivity index (χ0n) is 9.63. The van der Waals surface area contributed by atoms with E-state index in [9.17, 15) is 13.2 Å². The third kappa shape index (κ3) is 3.54. The van der Waals surface area contributed by atoms with Gasteiger partial charge in [-0.1, -0.05) is 6.92 Å². The summed E-state index contributed by atoms with van der Waals surface area (Å²) < 4.78 is 24.3. The first-order chi connectivity index (χ1) is 8.27. The van der Waals surface area contributed by atoms with Crippen LogP contribution in [0.3, 0.4) is 0 Å². The SMILES string of the molecule is CC(CO)CS(=O)(=O)c1ccc(Br)c(C(=O)O)c1. The van der Waals surface area contributed by atoms with Crippen LogP contribution in [0.2, 0.25) is 0 Å². The molecule has 1 unspecified atom stereocenters. The van der Waals surface area contributed by atoms with Crippen LogP contribution in [0, 0.1) is 5.92 Å². The summed E-state index contributed by atoms with van der Waals surface area (Å²) in [6.45, 7) is 1.37. The van der Waals surface area contributed by atoms with E-state index in [2.05, 4.69) is 15.9 Å². The maximum absolute atomic E-state index is 12.0. The summed E-state index contributed by atoms with van der Waals surface area (Å²) in [7, 11) is -3.59. The second-order valence-corrected chi connectivity index (χ2v) is 6.90. The Morgan fingerprint density at radius 3 is 2.56 bits per heavy atom. The second-order valence-electron chi connectivity index (χ2n) is 4.02. The highest BCUT2D eigenvalue weighted by atomic mass is 79.9. The molecule has 0 aliphatic heterocycles. The third-order valence-electron chi connectivity index (χ3n) is 2.34. The molecule has 0 spiro atoms. The molecule has 0 radical (unpaired) electrons. The Balaban J connectivity index is 3.18. The highest BCUT2D eigenvalue weighted by Crippen LogP contribution is 2.22. The van der Waals surface area contributed by atoms with Crippen molar-refractivity contribution in [2.75, 3.05) is 12.4 Å². The van der Waals surface area contributed by atoms with E-state index in [1.54, 1.807) is 6.92 Å². The topological polar surface area (TPSA) is 91.7 Å². The number of carboxylic acid groups (broad SMARTS) is 1. The molecule has 0 aliphatic carbocycles. The van der Waals surface area contributed by atoms with Gasteiger partial charge in [0.05, 0.1) is 16.2 Å². The molecule has 0 fully saturated rings. The summed E-state index contributed by atoms with van der Waals surface area (Å²) in [5, 5.41) is 17.8. The van der Waals surface area contributed by atoms with Crippen LogP contribution in [0.4, 0.5) is 0 Å². The third-order valence-corrected chi connectivity index (χ3v) is 5.01. The van der Waals surface area contributed by atoms with Crippen molar-refractivity contribution in [3.05, 3.63) is 28.2 Å². The number of benzene rings is 1. The highest BCUT2D eigenvalue weighted by molar-refractivity contribution is 9.10. The minimum atomic E-state index is -3.59. The lowest BCUT2D eigenvalue weighted by Gasteiger charge is -2.10. The van der Waals surface area contributed by atoms with E-state index in [1.807, 2.05) is 0 Å². The number of sulfone groups is 1. The van der Waals surface area contributed by atoms with Gasteiger partial charge in [0, 0.05) is 11.1 Å². The minimum Gasteiger partial charge on any atom is -0.478 e. The summed E-state index contributed by atoms with van der Waals surface area (Å²) in [4.78, 5) is 10.9. The molecule has 100 valence electrons. The number of hydrogen-bond acceptors (Lipinski definition) is 4. The molecule has 0 aliphatic rings. The van der Waals surface area contributed by atoms with Crippen LogP contribution in [-0.4, -0.2) is 37.0 Å². The van der Waals surface area contributed by atoms with Crippen LogP contribution in [0.25, 0.3) is 0 Å². The number of aromatic carboxylic acids is 1. The Kier molecular flexibility index (Phi) is 4.89. The number of aliphatic hydroxyl groups is 1. The van der Waals surface area contributed by atoms with Crippen LogP contribution >= 0.6 is 15.9 Å². The number of aliphatic hydroxyl groups excluding tert-OH is 1. The van der Waals surface area contributed by atoms with Crippen LogP contribution in [-0.2, 0) is 9.84 Å². The van der Waals surface area contributed by atoms with Gasteiger partial charge in [-0.2, -0.15) is 0 Å². The molecule has 5 nitrogen and oxygen atoms in total. The zero-order valence-corrected chi connectivity index (χ0v) is 12.0. The Morgan fingerprint density at radius 1 is 1.44 bits per heavy atom. The molecule has 1 aromatic carbocycles. The maximum atomic E-state index is 12.0. The minimum absolute atomic E-state index is 0.0524. The Morgan fingerprint density at radius 2 is 2.06 bits per heavy atom. The fourth-order valence-corrected chi connectivity index (χ4v) is 3.42. The predicted molar refractivity (Wildman–Crippen MR) is 69.4 cm³/mol. The number of hydrogen-bond donors (Lipinski definition) is 2. The van der Waals surface area contributed by atoms with E-state index < -0.39 is 21.7 Å². The van der Waals surface area contributed by atoms with Gasteiger partial charge in [-0.05, 0) is 40.0 Å². The van der Waals surface area contributed by atoms with Gasteiger partial charge in [0.25, 0.3) is 0 Å². The van der Waals surface area contributed by atoms with Gasteiger partial charge in [-0.15, -0.1) is 0 Å². The molecule has 2 N–H and O–H groups in total. The fraction of sp³-hybridized carbons (Fsp3) is 0.364. The van der Waals surface area contributed by atoms with Crippen molar-refractivity contribution in [1.82, 2.24) is 0 Å². The summed E-state index contributed by atoms with van der Waals surface area (Å²) in [5.74, 6) is -1.81. The van der Waals surface area contributed by atoms with Crippen LogP contribution < -0.4 is 0 Å². The normalized spacial score (nSPS) is 13.3. The quantitative estimate of drug-likeness (QED) is 0.851. The first-order valence-corrected chi connectivity index (χ1v) is 7.59. The van der Waals surface area contributed by atoms with Gasteiger partial charge in [0.1, 0.15) is 0 Å². The Hall–Kier alpha value is -0.920. The Bertz CT molecular complexity index is 553. The maximum Gasteiger partial charge on any atom is 0.336 e. The van der Waals surface area contributed by atoms with E-state index in [0.717, 1.165) is 6.07 Å². The summed E-state index contributed by atoms with van der Waals surface area (Å²) in [5.41, 5.74) is -0.104. The van der Waals surface area contributed by atoms with E-state index in [0.29, 0.717) is 4.47 Å². The van der Waals surface area contributed by atoms with Gasteiger partial charge in [-0.3, -0.25) is 0 Å². The van der Waals surface area contributed by atoms with Crippen LogP contribution in [0.1, 0.15) is 17.3 Å². The lowest BCUT2D eigenvalue weighted by molar-refractivity contribution is 0.0695. The highest BCUT2D eigenvalue weighted by Gasteiger charge is 2.20. The first-order valence-electron chi connectivity index (χ1n) is 5.14. The van der Waals surface area contributed by atoms with Gasteiger partial charge in [0.15, 0.2) is 9.84 Å². The van der Waals surface area contributed by atoms with E-state index in [1.165, 1.54) is 12.1 Å². The standard InChI is InChI=1S/C11H13BrO5S/c1-7(5-13)6-18(16,17)8-2-3-10(12)9(4-8)11(14)15/h2-4,7,13H,5-6H2,1H3,(H,14,15). The largest absolute Gasteiger partial charge is 0.478 e. The van der Waals surface area contributed by atoms with Gasteiger partial charge in [-0.25, -0.2) is 13.2 Å². The van der Waals surface area contributed by atoms with Gasteiger partial charge >= 0.3 is 5.97 Å². The lowest BCUT2D eigenvalue weighted by Crippen LogP contribution is -2.17. The average molecular weight is 337 g/mol. The molecule has 0 amide bonds. The van der Waals surface area contributed by atoms with Crippen molar-refractivity contribution < 1.29 is 23.4 Å². The van der Waals surface area contributed by atoms with E-state index in [-0.39, 0.29) is 22.8 Å². The molecule has 0 heterocycles. The Labute approximate surface area is 113 Å². The molecule has 1 aromatic rings. The van der Waals surface area contributed by atoms with Crippen molar-refractivity contribution in [2.24, 2.45) is 5.92 Å². The lowest BCUT2D eigenvalue weighted by atomic mass is 10.2. The summed E-state index contributed by atoms with van der Waals surface area (Å²) in [6.07, 6.45) is 0. The summed E-state index contributed by atoms with van der Waals surface area (Å²) >= 11 is 3.05. The molecule has 0 saturated heterocycles. The van der Waals surface area contributed by atoms with Crippen molar-refractivity contribution in [3.8, 4) is 0 Å². The first kappa shape index (κ1) is 15.1. The smallest absolute Gasteiger partial charge is 0.336 e. The molecule has 0 bridgehead atoms. The number of halogens is 1. The molecular weight excluding hydrogens is 324 g/mol. The molecule has 18 heavy (non-hydrogen) atoms. The van der Waals surface area contributed by atoms with Gasteiger partial charge in [0.2, 0.25) is 0 Å². The van der Waals surface area contributed by atoms with Crippen molar-refractivity contribution in [1.29, 1.82) is 0 Å². The van der Waals surface area contributed by atoms with Crippen LogP contribution in [0.15, 0.2) is 27.6 Å². The molecule has 0 saturated carbocycles. The molecular formula is C11H13BrO5S. The van der Waals surface area contributed by atoms with Gasteiger partial charge < -0.3 is 10.2 Å². The summed E-state index contributed by atoms with van der Waals surface area (Å²) in [6, 6.07) is 3.85. The average Bonchev–Trinajstić information content (AvgIpc) is 2.28. The number of carboxylic acids is 1. The molecule has 1 atom stereocenters. The fourth-order valence-electron chi connectivity index (χ4n) is 1.39.